The minimum atomic E-state index is -0.637. The molecule has 1 fully saturated rings. The van der Waals surface area contributed by atoms with Crippen LogP contribution in [0.4, 0.5) is 4.79 Å². The van der Waals surface area contributed by atoms with Crippen molar-refractivity contribution in [2.75, 3.05) is 26.1 Å². The number of fused-ring (bicyclic) bond motifs is 3. The predicted molar refractivity (Wildman–Crippen MR) is 86.0 cm³/mol. The summed E-state index contributed by atoms with van der Waals surface area (Å²) in [4.78, 5) is 14.1. The summed E-state index contributed by atoms with van der Waals surface area (Å²) in [5, 5.41) is 0.598. The van der Waals surface area contributed by atoms with Crippen molar-refractivity contribution in [1.82, 2.24) is 4.90 Å². The van der Waals surface area contributed by atoms with Crippen LogP contribution in [0.25, 0.3) is 0 Å². The van der Waals surface area contributed by atoms with E-state index in [1.165, 1.54) is 5.56 Å². The first kappa shape index (κ1) is 15.5. The van der Waals surface area contributed by atoms with Gasteiger partial charge in [0.25, 0.3) is 0 Å². The smallest absolute Gasteiger partial charge is 0.411 e. The fourth-order valence-electron chi connectivity index (χ4n) is 3.64. The number of halogens is 1. The Morgan fingerprint density at radius 3 is 2.50 bits per heavy atom. The Balaban J connectivity index is 2.27. The third kappa shape index (κ3) is 1.79. The lowest BCUT2D eigenvalue weighted by atomic mass is 9.73. The Morgan fingerprint density at radius 1 is 1.27 bits per heavy atom. The van der Waals surface area contributed by atoms with Crippen molar-refractivity contribution in [2.24, 2.45) is 0 Å². The highest BCUT2D eigenvalue weighted by molar-refractivity contribution is 9.09. The molecule has 0 aliphatic carbocycles. The highest BCUT2D eigenvalue weighted by atomic mass is 79.9. The fourth-order valence-corrected chi connectivity index (χ4v) is 4.92. The summed E-state index contributed by atoms with van der Waals surface area (Å²) >= 11 is 3.62. The monoisotopic (exact) mass is 369 g/mol. The maximum absolute atomic E-state index is 12.3. The molecule has 1 saturated heterocycles. The molecule has 0 spiro atoms. The molecule has 22 heavy (non-hydrogen) atoms. The van der Waals surface area contributed by atoms with Crippen LogP contribution in [0.15, 0.2) is 12.1 Å². The molecule has 2 aliphatic heterocycles. The zero-order valence-electron chi connectivity index (χ0n) is 13.2. The molecule has 0 bridgehead atoms. The summed E-state index contributed by atoms with van der Waals surface area (Å²) in [5.74, 6) is 1.38. The minimum Gasteiger partial charge on any atom is -0.493 e. The van der Waals surface area contributed by atoms with Gasteiger partial charge in [-0.2, -0.15) is 0 Å². The van der Waals surface area contributed by atoms with Crippen LogP contribution in [0.1, 0.15) is 25.0 Å². The zero-order valence-corrected chi connectivity index (χ0v) is 14.8. The van der Waals surface area contributed by atoms with Crippen LogP contribution in [0.3, 0.4) is 0 Å². The second kappa shape index (κ2) is 5.05. The fraction of sp³-hybridized carbons (Fsp3) is 0.562. The second-order valence-corrected chi connectivity index (χ2v) is 6.70. The predicted octanol–water partition coefficient (Wildman–Crippen LogP) is 3.08. The second-order valence-electron chi connectivity index (χ2n) is 6.14. The van der Waals surface area contributed by atoms with E-state index in [1.54, 1.807) is 14.2 Å². The molecule has 3 rings (SSSR count). The van der Waals surface area contributed by atoms with Gasteiger partial charge in [0, 0.05) is 11.9 Å². The molecule has 0 aromatic heterocycles. The van der Waals surface area contributed by atoms with Crippen LogP contribution in [-0.4, -0.2) is 42.7 Å². The van der Waals surface area contributed by atoms with E-state index in [2.05, 4.69) is 15.9 Å². The molecule has 6 heteroatoms. The van der Waals surface area contributed by atoms with Gasteiger partial charge < -0.3 is 14.2 Å². The Labute approximate surface area is 138 Å². The lowest BCUT2D eigenvalue weighted by Crippen LogP contribution is -2.57. The number of hydrogen-bond acceptors (Lipinski definition) is 4. The lowest BCUT2D eigenvalue weighted by Gasteiger charge is -2.46. The lowest BCUT2D eigenvalue weighted by molar-refractivity contribution is 0.0226. The van der Waals surface area contributed by atoms with Crippen molar-refractivity contribution in [2.45, 2.75) is 31.4 Å². The van der Waals surface area contributed by atoms with Crippen molar-refractivity contribution in [3.8, 4) is 11.5 Å². The van der Waals surface area contributed by atoms with Gasteiger partial charge in [0.2, 0.25) is 0 Å². The number of ether oxygens (including phenoxy) is 3. The maximum Gasteiger partial charge on any atom is 0.411 e. The van der Waals surface area contributed by atoms with Crippen LogP contribution in [0.5, 0.6) is 11.5 Å². The van der Waals surface area contributed by atoms with Gasteiger partial charge >= 0.3 is 6.09 Å². The number of rotatable bonds is 3. The first-order valence-electron chi connectivity index (χ1n) is 7.23. The third-order valence-corrected chi connectivity index (χ3v) is 5.68. The van der Waals surface area contributed by atoms with Crippen molar-refractivity contribution in [3.63, 3.8) is 0 Å². The van der Waals surface area contributed by atoms with E-state index in [0.29, 0.717) is 23.4 Å². The van der Waals surface area contributed by atoms with E-state index in [0.717, 1.165) is 12.0 Å². The molecule has 2 aliphatic rings. The van der Waals surface area contributed by atoms with Gasteiger partial charge in [-0.15, -0.1) is 0 Å². The summed E-state index contributed by atoms with van der Waals surface area (Å²) in [7, 11) is 3.25. The molecule has 120 valence electrons. The summed E-state index contributed by atoms with van der Waals surface area (Å²) in [6.07, 6.45) is 0.514. The van der Waals surface area contributed by atoms with Crippen molar-refractivity contribution < 1.29 is 19.0 Å². The molecule has 1 aromatic carbocycles. The summed E-state index contributed by atoms with van der Waals surface area (Å²) in [5.41, 5.74) is 1.04. The summed E-state index contributed by atoms with van der Waals surface area (Å²) < 4.78 is 16.5. The van der Waals surface area contributed by atoms with E-state index in [9.17, 15) is 4.79 Å². The third-order valence-electron chi connectivity index (χ3n) is 4.87. The molecule has 0 radical (unpaired) electrons. The van der Waals surface area contributed by atoms with Gasteiger partial charge in [0.15, 0.2) is 11.5 Å². The minimum absolute atomic E-state index is 0.259. The van der Waals surface area contributed by atoms with E-state index in [-0.39, 0.29) is 6.09 Å². The number of methoxy groups -OCH3 is 2. The Kier molecular flexibility index (Phi) is 3.55. The number of carbonyl (C=O) groups excluding carboxylic acids is 1. The first-order chi connectivity index (χ1) is 10.4. The molecule has 1 atom stereocenters. The van der Waals surface area contributed by atoms with Crippen LogP contribution >= 0.6 is 15.9 Å². The number of alkyl halides is 1. The van der Waals surface area contributed by atoms with Gasteiger partial charge in [-0.05, 0) is 43.5 Å². The molecule has 0 unspecified atom stereocenters. The SMILES string of the molecule is COc1cc2c(cc1OC)[C@@]1(CBr)N(CC2)C(=O)OC1(C)C. The Morgan fingerprint density at radius 2 is 1.91 bits per heavy atom. The van der Waals surface area contributed by atoms with Gasteiger partial charge in [0.1, 0.15) is 11.1 Å². The highest BCUT2D eigenvalue weighted by Crippen LogP contribution is 2.52. The normalized spacial score (nSPS) is 25.3. The molecule has 5 nitrogen and oxygen atoms in total. The highest BCUT2D eigenvalue weighted by Gasteiger charge is 2.62. The van der Waals surface area contributed by atoms with Gasteiger partial charge in [-0.25, -0.2) is 4.79 Å². The molecule has 1 amide bonds. The number of nitrogens with zero attached hydrogens (tertiary/aromatic N) is 1. The van der Waals surface area contributed by atoms with Crippen LogP contribution in [-0.2, 0) is 16.7 Å². The van der Waals surface area contributed by atoms with E-state index >= 15 is 0 Å². The van der Waals surface area contributed by atoms with Crippen molar-refractivity contribution in [3.05, 3.63) is 23.3 Å². The van der Waals surface area contributed by atoms with E-state index in [4.69, 9.17) is 14.2 Å². The molecule has 0 saturated carbocycles. The number of hydrogen-bond donors (Lipinski definition) is 0. The number of benzene rings is 1. The maximum atomic E-state index is 12.3. The van der Waals surface area contributed by atoms with Crippen LogP contribution in [0.2, 0.25) is 0 Å². The molecular formula is C16H20BrNO4. The topological polar surface area (TPSA) is 48.0 Å². The first-order valence-corrected chi connectivity index (χ1v) is 8.35. The quantitative estimate of drug-likeness (QED) is 0.768. The van der Waals surface area contributed by atoms with Gasteiger partial charge in [-0.3, -0.25) is 4.90 Å². The molecular weight excluding hydrogens is 350 g/mol. The molecule has 2 heterocycles. The van der Waals surface area contributed by atoms with Crippen molar-refractivity contribution >= 4 is 22.0 Å². The van der Waals surface area contributed by atoms with Crippen molar-refractivity contribution in [1.29, 1.82) is 0 Å². The average molecular weight is 370 g/mol. The van der Waals surface area contributed by atoms with E-state index < -0.39 is 11.1 Å². The molecule has 1 aromatic rings. The number of carbonyl (C=O) groups is 1. The van der Waals surface area contributed by atoms with Crippen LogP contribution < -0.4 is 9.47 Å². The van der Waals surface area contributed by atoms with Gasteiger partial charge in [0.05, 0.1) is 14.2 Å². The average Bonchev–Trinajstić information content (AvgIpc) is 2.71. The standard InChI is InChI=1S/C16H20BrNO4/c1-15(2)16(9-17)11-8-13(21-4)12(20-3)7-10(11)5-6-18(16)14(19)22-15/h7-8H,5-6,9H2,1-4H3/t16-/m1/s1. The zero-order chi connectivity index (χ0) is 16.1. The number of cyclic esters (lactones) is 1. The Hall–Kier alpha value is -1.43. The Bertz CT molecular complexity index is 631. The van der Waals surface area contributed by atoms with E-state index in [1.807, 2.05) is 30.9 Å². The summed E-state index contributed by atoms with van der Waals surface area (Å²) in [6, 6.07) is 3.99. The van der Waals surface area contributed by atoms with Gasteiger partial charge in [-0.1, -0.05) is 15.9 Å². The summed E-state index contributed by atoms with van der Waals surface area (Å²) in [6.45, 7) is 4.55. The number of amides is 1. The largest absolute Gasteiger partial charge is 0.493 e. The molecule has 0 N–H and O–H groups in total. The van der Waals surface area contributed by atoms with Crippen LogP contribution in [0, 0.1) is 0 Å².